The fourth-order valence-corrected chi connectivity index (χ4v) is 4.08. The van der Waals surface area contributed by atoms with Crippen molar-refractivity contribution in [3.05, 3.63) is 58.2 Å². The Morgan fingerprint density at radius 2 is 1.12 bits per heavy atom. The van der Waals surface area contributed by atoms with Crippen LogP contribution in [0.1, 0.15) is 126 Å². The van der Waals surface area contributed by atoms with Gasteiger partial charge in [-0.1, -0.05) is 65.2 Å². The summed E-state index contributed by atoms with van der Waals surface area (Å²) in [4.78, 5) is 0. The van der Waals surface area contributed by atoms with E-state index in [0.29, 0.717) is 6.10 Å². The van der Waals surface area contributed by atoms with Crippen LogP contribution in [0.15, 0.2) is 58.2 Å². The van der Waals surface area contributed by atoms with Crippen LogP contribution in [0.2, 0.25) is 0 Å². The number of hydrogen-bond donors (Lipinski definition) is 0. The Kier molecular flexibility index (Phi) is 13.9. The average Bonchev–Trinajstić information content (AvgIpc) is 3.34. The van der Waals surface area contributed by atoms with Gasteiger partial charge in [-0.05, 0) is 119 Å². The zero-order valence-corrected chi connectivity index (χ0v) is 22.7. The number of epoxide rings is 1. The third-order valence-corrected chi connectivity index (χ3v) is 6.59. The normalized spacial score (nSPS) is 19.3. The third kappa shape index (κ3) is 13.9. The SMILES string of the molecule is CC/C(=C\CC/C=C(\C)CC/C=C(\C)CC[C@@H]1OC1(C)C)CC/C=C(\C)CCC=C(C)C. The Morgan fingerprint density at radius 3 is 1.66 bits per heavy atom. The van der Waals surface area contributed by atoms with Crippen LogP contribution in [0.3, 0.4) is 0 Å². The molecule has 0 spiro atoms. The maximum Gasteiger partial charge on any atom is 0.0892 e. The molecule has 182 valence electrons. The Morgan fingerprint density at radius 1 is 0.656 bits per heavy atom. The quantitative estimate of drug-likeness (QED) is 0.132. The van der Waals surface area contributed by atoms with Gasteiger partial charge in [-0.3, -0.25) is 0 Å². The van der Waals surface area contributed by atoms with Gasteiger partial charge in [-0.15, -0.1) is 0 Å². The van der Waals surface area contributed by atoms with Gasteiger partial charge in [-0.25, -0.2) is 0 Å². The molecule has 0 unspecified atom stereocenters. The van der Waals surface area contributed by atoms with Crippen molar-refractivity contribution in [1.82, 2.24) is 0 Å². The summed E-state index contributed by atoms with van der Waals surface area (Å²) in [6.07, 6.45) is 25.6. The standard InChI is InChI=1S/C31H52O/c1-9-29(22-14-20-27(5)17-12-15-25(2)3)21-11-10-16-26(4)18-13-19-28(6)23-24-30-31(7,8)32-30/h15-16,19-21,30H,9-14,17-18,22-24H2,1-8H3/b26-16+,27-20+,28-19+,29-21+/t30-/m0/s1. The Bertz CT molecular complexity index is 692. The predicted octanol–water partition coefficient (Wildman–Crippen LogP) is 10.2. The van der Waals surface area contributed by atoms with Gasteiger partial charge < -0.3 is 4.74 Å². The Balaban J connectivity index is 2.23. The number of ether oxygens (including phenoxy) is 1. The first-order chi connectivity index (χ1) is 15.1. The minimum absolute atomic E-state index is 0.132. The maximum atomic E-state index is 5.68. The number of rotatable bonds is 16. The van der Waals surface area contributed by atoms with Crippen molar-refractivity contribution < 1.29 is 4.74 Å². The molecule has 0 aromatic carbocycles. The van der Waals surface area contributed by atoms with Crippen molar-refractivity contribution >= 4 is 0 Å². The lowest BCUT2D eigenvalue weighted by molar-refractivity contribution is 0.320. The van der Waals surface area contributed by atoms with Crippen molar-refractivity contribution in [2.75, 3.05) is 0 Å². The first-order valence-corrected chi connectivity index (χ1v) is 13.1. The lowest BCUT2D eigenvalue weighted by Gasteiger charge is -2.05. The summed E-state index contributed by atoms with van der Waals surface area (Å²) in [7, 11) is 0. The lowest BCUT2D eigenvalue weighted by atomic mass is 10.0. The second-order valence-electron chi connectivity index (χ2n) is 10.6. The molecule has 0 radical (unpaired) electrons. The van der Waals surface area contributed by atoms with Crippen LogP contribution in [0.25, 0.3) is 0 Å². The van der Waals surface area contributed by atoms with E-state index in [4.69, 9.17) is 4.74 Å². The van der Waals surface area contributed by atoms with Gasteiger partial charge in [0.05, 0.1) is 11.7 Å². The molecule has 32 heavy (non-hydrogen) atoms. The van der Waals surface area contributed by atoms with E-state index in [0.717, 1.165) is 0 Å². The molecular weight excluding hydrogens is 388 g/mol. The third-order valence-electron chi connectivity index (χ3n) is 6.59. The monoisotopic (exact) mass is 440 g/mol. The highest BCUT2D eigenvalue weighted by atomic mass is 16.6. The van der Waals surface area contributed by atoms with Crippen LogP contribution in [0.4, 0.5) is 0 Å². The second-order valence-corrected chi connectivity index (χ2v) is 10.6. The molecule has 0 aromatic heterocycles. The number of unbranched alkanes of at least 4 members (excludes halogenated alkanes) is 1. The van der Waals surface area contributed by atoms with Crippen LogP contribution < -0.4 is 0 Å². The van der Waals surface area contributed by atoms with Gasteiger partial charge in [0.25, 0.3) is 0 Å². The summed E-state index contributed by atoms with van der Waals surface area (Å²) in [5.41, 5.74) is 7.75. The molecule has 1 rings (SSSR count). The lowest BCUT2D eigenvalue weighted by Crippen LogP contribution is -2.02. The Labute approximate surface area is 200 Å². The van der Waals surface area contributed by atoms with E-state index in [1.54, 1.807) is 5.57 Å². The number of allylic oxidation sites excluding steroid dienone is 10. The molecule has 1 heteroatoms. The van der Waals surface area contributed by atoms with E-state index in [-0.39, 0.29) is 5.60 Å². The summed E-state index contributed by atoms with van der Waals surface area (Å²) >= 11 is 0. The highest BCUT2D eigenvalue weighted by Crippen LogP contribution is 2.38. The predicted molar refractivity (Wildman–Crippen MR) is 144 cm³/mol. The number of hydrogen-bond acceptors (Lipinski definition) is 1. The van der Waals surface area contributed by atoms with Crippen LogP contribution in [0, 0.1) is 0 Å². The highest BCUT2D eigenvalue weighted by Gasteiger charge is 2.46. The van der Waals surface area contributed by atoms with Crippen LogP contribution in [-0.2, 0) is 4.74 Å². The van der Waals surface area contributed by atoms with Gasteiger partial charge in [0, 0.05) is 0 Å². The summed E-state index contributed by atoms with van der Waals surface area (Å²) in [6.45, 7) is 17.9. The highest BCUT2D eigenvalue weighted by molar-refractivity contribution is 5.09. The van der Waals surface area contributed by atoms with Gasteiger partial charge in [0.2, 0.25) is 0 Å². The molecule has 0 aromatic rings. The Hall–Kier alpha value is -1.34. The van der Waals surface area contributed by atoms with Crippen molar-refractivity contribution in [3.8, 4) is 0 Å². The van der Waals surface area contributed by atoms with E-state index in [2.05, 4.69) is 85.8 Å². The van der Waals surface area contributed by atoms with Crippen molar-refractivity contribution in [3.63, 3.8) is 0 Å². The molecule has 0 aliphatic carbocycles. The van der Waals surface area contributed by atoms with Gasteiger partial charge in [0.1, 0.15) is 0 Å². The summed E-state index contributed by atoms with van der Waals surface area (Å²) in [6, 6.07) is 0. The fourth-order valence-electron chi connectivity index (χ4n) is 4.08. The zero-order chi connectivity index (χ0) is 24.0. The molecule has 0 amide bonds. The minimum atomic E-state index is 0.132. The van der Waals surface area contributed by atoms with E-state index in [1.165, 1.54) is 92.9 Å². The smallest absolute Gasteiger partial charge is 0.0892 e. The van der Waals surface area contributed by atoms with Crippen molar-refractivity contribution in [1.29, 1.82) is 0 Å². The first kappa shape index (κ1) is 28.7. The molecule has 1 heterocycles. The van der Waals surface area contributed by atoms with E-state index in [1.807, 2.05) is 0 Å². The molecule has 1 saturated heterocycles. The first-order valence-electron chi connectivity index (χ1n) is 13.1. The van der Waals surface area contributed by atoms with E-state index >= 15 is 0 Å². The zero-order valence-electron chi connectivity index (χ0n) is 22.7. The van der Waals surface area contributed by atoms with Crippen molar-refractivity contribution in [2.24, 2.45) is 0 Å². The van der Waals surface area contributed by atoms with Crippen LogP contribution in [-0.4, -0.2) is 11.7 Å². The fraction of sp³-hybridized carbons (Fsp3) is 0.677. The topological polar surface area (TPSA) is 12.5 Å². The van der Waals surface area contributed by atoms with E-state index < -0.39 is 0 Å². The van der Waals surface area contributed by atoms with Crippen molar-refractivity contribution in [2.45, 2.75) is 138 Å². The van der Waals surface area contributed by atoms with Gasteiger partial charge in [0.15, 0.2) is 0 Å². The van der Waals surface area contributed by atoms with Gasteiger partial charge in [-0.2, -0.15) is 0 Å². The summed E-state index contributed by atoms with van der Waals surface area (Å²) in [5.74, 6) is 0. The van der Waals surface area contributed by atoms with Gasteiger partial charge >= 0.3 is 0 Å². The molecule has 1 fully saturated rings. The largest absolute Gasteiger partial charge is 0.367 e. The summed E-state index contributed by atoms with van der Waals surface area (Å²) in [5, 5.41) is 0. The molecule has 0 bridgehead atoms. The second kappa shape index (κ2) is 15.5. The maximum absolute atomic E-state index is 5.68. The van der Waals surface area contributed by atoms with E-state index in [9.17, 15) is 0 Å². The summed E-state index contributed by atoms with van der Waals surface area (Å²) < 4.78 is 5.68. The van der Waals surface area contributed by atoms with Crippen LogP contribution in [0.5, 0.6) is 0 Å². The molecule has 1 nitrogen and oxygen atoms in total. The molecule has 1 atom stereocenters. The minimum Gasteiger partial charge on any atom is -0.367 e. The average molecular weight is 441 g/mol. The molecule has 0 saturated carbocycles. The molecule has 0 N–H and O–H groups in total. The molecule has 1 aliphatic rings. The van der Waals surface area contributed by atoms with Crippen LogP contribution >= 0.6 is 0 Å². The molecular formula is C31H52O. The molecule has 1 aliphatic heterocycles.